The minimum absolute atomic E-state index is 0.00788. The molecule has 1 saturated heterocycles. The van der Waals surface area contributed by atoms with Gasteiger partial charge in [-0.25, -0.2) is 0 Å². The monoisotopic (exact) mass is 330 g/mol. The molecule has 5 nitrogen and oxygen atoms in total. The van der Waals surface area contributed by atoms with E-state index in [1.54, 1.807) is 17.1 Å². The Morgan fingerprint density at radius 3 is 2.58 bits per heavy atom. The zero-order valence-corrected chi connectivity index (χ0v) is 14.1. The largest absolute Gasteiger partial charge is 0.491 e. The van der Waals surface area contributed by atoms with Crippen molar-refractivity contribution in [3.8, 4) is 5.75 Å². The van der Waals surface area contributed by atoms with Gasteiger partial charge in [-0.05, 0) is 37.1 Å². The van der Waals surface area contributed by atoms with E-state index in [-0.39, 0.29) is 18.6 Å². The van der Waals surface area contributed by atoms with Crippen LogP contribution in [0.4, 0.5) is 5.69 Å². The first-order valence-electron chi connectivity index (χ1n) is 8.31. The Labute approximate surface area is 143 Å². The molecular formula is C19H26N2O3. The molecule has 0 spiro atoms. The van der Waals surface area contributed by atoms with Crippen molar-refractivity contribution in [2.75, 3.05) is 38.2 Å². The fourth-order valence-corrected chi connectivity index (χ4v) is 2.51. The third kappa shape index (κ3) is 5.74. The molecule has 1 unspecified atom stereocenters. The second-order valence-corrected chi connectivity index (χ2v) is 5.70. The van der Waals surface area contributed by atoms with Crippen molar-refractivity contribution in [1.29, 1.82) is 0 Å². The van der Waals surface area contributed by atoms with E-state index in [9.17, 15) is 4.79 Å². The predicted octanol–water partition coefficient (Wildman–Crippen LogP) is 2.86. The molecule has 130 valence electrons. The average Bonchev–Trinajstić information content (AvgIpc) is 3.12. The molecule has 1 aromatic carbocycles. The van der Waals surface area contributed by atoms with Gasteiger partial charge in [-0.2, -0.15) is 0 Å². The number of hydrogen-bond acceptors (Lipinski definition) is 4. The van der Waals surface area contributed by atoms with Crippen LogP contribution in [0.5, 0.6) is 5.75 Å². The van der Waals surface area contributed by atoms with Crippen molar-refractivity contribution in [3.63, 3.8) is 0 Å². The second kappa shape index (κ2) is 9.78. The fourth-order valence-electron chi connectivity index (χ4n) is 2.51. The Bertz CT molecular complexity index is 526. The molecule has 24 heavy (non-hydrogen) atoms. The average molecular weight is 330 g/mol. The summed E-state index contributed by atoms with van der Waals surface area (Å²) in [5, 5.41) is 3.13. The number of rotatable bonds is 10. The van der Waals surface area contributed by atoms with Crippen LogP contribution >= 0.6 is 0 Å². The van der Waals surface area contributed by atoms with Crippen molar-refractivity contribution < 1.29 is 14.3 Å². The number of carbonyl (C=O) groups is 1. The molecular weight excluding hydrogens is 304 g/mol. The van der Waals surface area contributed by atoms with E-state index in [1.165, 1.54) is 0 Å². The van der Waals surface area contributed by atoms with Gasteiger partial charge in [0.2, 0.25) is 5.91 Å². The lowest BCUT2D eigenvalue weighted by Crippen LogP contribution is -2.35. The summed E-state index contributed by atoms with van der Waals surface area (Å²) in [4.78, 5) is 13.8. The summed E-state index contributed by atoms with van der Waals surface area (Å²) >= 11 is 0. The number of hydrogen-bond donors (Lipinski definition) is 1. The number of benzene rings is 1. The fraction of sp³-hybridized carbons (Fsp3) is 0.421. The van der Waals surface area contributed by atoms with Gasteiger partial charge >= 0.3 is 0 Å². The summed E-state index contributed by atoms with van der Waals surface area (Å²) in [6.07, 6.45) is 5.80. The van der Waals surface area contributed by atoms with Gasteiger partial charge in [0.05, 0.1) is 12.6 Å². The Morgan fingerprint density at radius 2 is 2.00 bits per heavy atom. The molecule has 2 rings (SSSR count). The third-order valence-corrected chi connectivity index (χ3v) is 3.81. The molecule has 1 aliphatic rings. The van der Waals surface area contributed by atoms with Crippen LogP contribution in [0.1, 0.15) is 12.8 Å². The van der Waals surface area contributed by atoms with Gasteiger partial charge in [-0.1, -0.05) is 12.2 Å². The molecule has 1 atom stereocenters. The van der Waals surface area contributed by atoms with E-state index in [2.05, 4.69) is 18.5 Å². The summed E-state index contributed by atoms with van der Waals surface area (Å²) in [6.45, 7) is 10.0. The van der Waals surface area contributed by atoms with E-state index in [4.69, 9.17) is 9.47 Å². The number of nitrogens with one attached hydrogen (secondary N) is 1. The molecule has 1 fully saturated rings. The van der Waals surface area contributed by atoms with Crippen LogP contribution in [0.2, 0.25) is 0 Å². The standard InChI is InChI=1S/C19H26N2O3/c1-3-11-21(12-4-2)19(22)14-20-16-7-9-17(10-8-16)24-15-18-6-5-13-23-18/h3-4,7-10,18,20H,1-2,5-6,11-15H2. The first kappa shape index (κ1) is 18.1. The van der Waals surface area contributed by atoms with Crippen molar-refractivity contribution in [2.24, 2.45) is 0 Å². The lowest BCUT2D eigenvalue weighted by Gasteiger charge is -2.19. The normalized spacial score (nSPS) is 16.4. The first-order valence-corrected chi connectivity index (χ1v) is 8.31. The minimum atomic E-state index is 0.00788. The van der Waals surface area contributed by atoms with Crippen LogP contribution in [0.15, 0.2) is 49.6 Å². The molecule has 1 amide bonds. The zero-order valence-electron chi connectivity index (χ0n) is 14.1. The van der Waals surface area contributed by atoms with Crippen LogP contribution in [0.3, 0.4) is 0 Å². The summed E-state index contributed by atoms with van der Waals surface area (Å²) in [7, 11) is 0. The molecule has 1 heterocycles. The van der Waals surface area contributed by atoms with Crippen molar-refractivity contribution >= 4 is 11.6 Å². The van der Waals surface area contributed by atoms with Gasteiger partial charge in [0, 0.05) is 25.4 Å². The van der Waals surface area contributed by atoms with E-state index in [0.717, 1.165) is 30.9 Å². The van der Waals surface area contributed by atoms with Gasteiger partial charge < -0.3 is 19.7 Å². The van der Waals surface area contributed by atoms with Gasteiger partial charge in [-0.3, -0.25) is 4.79 Å². The number of ether oxygens (including phenoxy) is 2. The van der Waals surface area contributed by atoms with E-state index in [0.29, 0.717) is 19.7 Å². The number of carbonyl (C=O) groups excluding carboxylic acids is 1. The minimum Gasteiger partial charge on any atom is -0.491 e. The number of anilines is 1. The highest BCUT2D eigenvalue weighted by molar-refractivity contribution is 5.81. The first-order chi connectivity index (χ1) is 11.7. The molecule has 0 aromatic heterocycles. The van der Waals surface area contributed by atoms with Crippen LogP contribution in [0, 0.1) is 0 Å². The highest BCUT2D eigenvalue weighted by Gasteiger charge is 2.16. The Kier molecular flexibility index (Phi) is 7.36. The Morgan fingerprint density at radius 1 is 1.29 bits per heavy atom. The van der Waals surface area contributed by atoms with Gasteiger partial charge in [0.15, 0.2) is 0 Å². The van der Waals surface area contributed by atoms with Crippen LogP contribution in [0.25, 0.3) is 0 Å². The van der Waals surface area contributed by atoms with E-state index in [1.807, 2.05) is 24.3 Å². The maximum Gasteiger partial charge on any atom is 0.242 e. The van der Waals surface area contributed by atoms with E-state index < -0.39 is 0 Å². The van der Waals surface area contributed by atoms with Crippen LogP contribution < -0.4 is 10.1 Å². The topological polar surface area (TPSA) is 50.8 Å². The molecule has 1 aromatic rings. The molecule has 0 saturated carbocycles. The lowest BCUT2D eigenvalue weighted by atomic mass is 10.2. The van der Waals surface area contributed by atoms with Crippen LogP contribution in [-0.2, 0) is 9.53 Å². The molecule has 0 bridgehead atoms. The maximum atomic E-state index is 12.1. The summed E-state index contributed by atoms with van der Waals surface area (Å²) in [5.41, 5.74) is 0.880. The highest BCUT2D eigenvalue weighted by Crippen LogP contribution is 2.18. The molecule has 0 radical (unpaired) electrons. The summed E-state index contributed by atoms with van der Waals surface area (Å²) in [6, 6.07) is 7.60. The lowest BCUT2D eigenvalue weighted by molar-refractivity contribution is -0.128. The molecule has 5 heteroatoms. The van der Waals surface area contributed by atoms with Gasteiger partial charge in [0.25, 0.3) is 0 Å². The number of amides is 1. The Balaban J connectivity index is 1.76. The van der Waals surface area contributed by atoms with Gasteiger partial charge in [-0.15, -0.1) is 13.2 Å². The van der Waals surface area contributed by atoms with Crippen LogP contribution in [-0.4, -0.2) is 49.8 Å². The zero-order chi connectivity index (χ0) is 17.2. The third-order valence-electron chi connectivity index (χ3n) is 3.81. The quantitative estimate of drug-likeness (QED) is 0.670. The van der Waals surface area contributed by atoms with Gasteiger partial charge in [0.1, 0.15) is 12.4 Å². The van der Waals surface area contributed by atoms with E-state index >= 15 is 0 Å². The SMILES string of the molecule is C=CCN(CC=C)C(=O)CNc1ccc(OCC2CCCO2)cc1. The summed E-state index contributed by atoms with van der Waals surface area (Å²) < 4.78 is 11.3. The van der Waals surface area contributed by atoms with Crippen molar-refractivity contribution in [2.45, 2.75) is 18.9 Å². The predicted molar refractivity (Wildman–Crippen MR) is 96.4 cm³/mol. The van der Waals surface area contributed by atoms with Crippen molar-refractivity contribution in [1.82, 2.24) is 4.90 Å². The summed E-state index contributed by atoms with van der Waals surface area (Å²) in [5.74, 6) is 0.816. The smallest absolute Gasteiger partial charge is 0.242 e. The Hall–Kier alpha value is -2.27. The maximum absolute atomic E-state index is 12.1. The highest BCUT2D eigenvalue weighted by atomic mass is 16.5. The number of nitrogens with zero attached hydrogens (tertiary/aromatic N) is 1. The molecule has 1 aliphatic heterocycles. The second-order valence-electron chi connectivity index (χ2n) is 5.70. The molecule has 1 N–H and O–H groups in total. The molecule has 0 aliphatic carbocycles. The van der Waals surface area contributed by atoms with Crippen molar-refractivity contribution in [3.05, 3.63) is 49.6 Å².